The first-order valence-corrected chi connectivity index (χ1v) is 4.90. The minimum Gasteiger partial charge on any atom is -0.369 e. The fourth-order valence-electron chi connectivity index (χ4n) is 1.06. The molecule has 1 aromatic rings. The van der Waals surface area contributed by atoms with E-state index in [1.807, 2.05) is 0 Å². The first kappa shape index (κ1) is 12.2. The molecule has 0 spiro atoms. The molecule has 1 atom stereocenters. The average molecular weight is 220 g/mol. The lowest BCUT2D eigenvalue weighted by Gasteiger charge is -2.07. The van der Waals surface area contributed by atoms with Crippen LogP contribution in [0.25, 0.3) is 0 Å². The van der Waals surface area contributed by atoms with Gasteiger partial charge in [-0.15, -0.1) is 0 Å². The van der Waals surface area contributed by atoms with Gasteiger partial charge in [0.05, 0.1) is 6.42 Å². The zero-order valence-corrected chi connectivity index (χ0v) is 9.01. The molecule has 1 rings (SSSR count). The number of hydrogen-bond donors (Lipinski definition) is 2. The standard InChI is InChI=1S/C11H14N3O2/c1-8(11(12)16)6-10(15)14-7-9-2-4-13-5-3-9/h2-6,8H,7H2,1H3,(H2,12,16)(H,14,15). The number of nitrogens with one attached hydrogen (secondary N) is 1. The van der Waals surface area contributed by atoms with Gasteiger partial charge in [-0.1, -0.05) is 6.92 Å². The number of aromatic nitrogens is 1. The predicted octanol–water partition coefficient (Wildman–Crippen LogP) is 0.0235. The highest BCUT2D eigenvalue weighted by Gasteiger charge is 2.13. The number of primary amides is 1. The van der Waals surface area contributed by atoms with Crippen LogP contribution in [0.2, 0.25) is 0 Å². The van der Waals surface area contributed by atoms with Crippen molar-refractivity contribution in [1.29, 1.82) is 0 Å². The number of hydrogen-bond acceptors (Lipinski definition) is 3. The van der Waals surface area contributed by atoms with Crippen molar-refractivity contribution in [2.24, 2.45) is 11.7 Å². The Kier molecular flexibility index (Phi) is 4.44. The van der Waals surface area contributed by atoms with E-state index in [2.05, 4.69) is 10.3 Å². The normalized spacial score (nSPS) is 11.8. The molecule has 0 aliphatic rings. The lowest BCUT2D eigenvalue weighted by Crippen LogP contribution is -2.30. The van der Waals surface area contributed by atoms with Crippen molar-refractivity contribution < 1.29 is 9.59 Å². The van der Waals surface area contributed by atoms with Gasteiger partial charge in [0, 0.05) is 24.9 Å². The van der Waals surface area contributed by atoms with Crippen molar-refractivity contribution in [2.75, 3.05) is 0 Å². The van der Waals surface area contributed by atoms with E-state index in [-0.39, 0.29) is 5.91 Å². The van der Waals surface area contributed by atoms with Crippen LogP contribution in [0.5, 0.6) is 0 Å². The van der Waals surface area contributed by atoms with E-state index < -0.39 is 11.8 Å². The van der Waals surface area contributed by atoms with Gasteiger partial charge < -0.3 is 11.1 Å². The molecular formula is C11H14N3O2. The Hall–Kier alpha value is -1.91. The fourth-order valence-corrected chi connectivity index (χ4v) is 1.06. The van der Waals surface area contributed by atoms with Gasteiger partial charge >= 0.3 is 0 Å². The smallest absolute Gasteiger partial charge is 0.225 e. The van der Waals surface area contributed by atoms with Crippen LogP contribution in [0.3, 0.4) is 0 Å². The molecule has 1 aromatic heterocycles. The van der Waals surface area contributed by atoms with Gasteiger partial charge in [-0.25, -0.2) is 0 Å². The second kappa shape index (κ2) is 5.85. The van der Waals surface area contributed by atoms with Crippen LogP contribution in [-0.2, 0) is 16.1 Å². The lowest BCUT2D eigenvalue weighted by molar-refractivity contribution is -0.124. The molecule has 0 saturated heterocycles. The van der Waals surface area contributed by atoms with Crippen LogP contribution in [0, 0.1) is 12.3 Å². The first-order chi connectivity index (χ1) is 7.59. The summed E-state index contributed by atoms with van der Waals surface area (Å²) >= 11 is 0. The number of pyridine rings is 1. The molecule has 5 nitrogen and oxygen atoms in total. The minimum atomic E-state index is -0.558. The van der Waals surface area contributed by atoms with Crippen LogP contribution in [0.15, 0.2) is 24.5 Å². The molecule has 0 aromatic carbocycles. The molecule has 1 unspecified atom stereocenters. The summed E-state index contributed by atoms with van der Waals surface area (Å²) in [6.45, 7) is 1.98. The third-order valence-electron chi connectivity index (χ3n) is 2.07. The predicted molar refractivity (Wildman–Crippen MR) is 58.7 cm³/mol. The summed E-state index contributed by atoms with van der Waals surface area (Å²) in [5.74, 6) is -1.38. The molecule has 0 aliphatic heterocycles. The van der Waals surface area contributed by atoms with Crippen molar-refractivity contribution in [3.8, 4) is 0 Å². The second-order valence-corrected chi connectivity index (χ2v) is 3.43. The molecule has 1 heterocycles. The fraction of sp³-hybridized carbons (Fsp3) is 0.273. The molecule has 85 valence electrons. The maximum absolute atomic E-state index is 11.3. The van der Waals surface area contributed by atoms with Gasteiger partial charge in [0.1, 0.15) is 0 Å². The molecule has 1 radical (unpaired) electrons. The second-order valence-electron chi connectivity index (χ2n) is 3.43. The van der Waals surface area contributed by atoms with Crippen LogP contribution in [0.4, 0.5) is 0 Å². The summed E-state index contributed by atoms with van der Waals surface area (Å²) in [5, 5.41) is 2.65. The van der Waals surface area contributed by atoms with E-state index in [4.69, 9.17) is 5.73 Å². The Balaban J connectivity index is 2.33. The average Bonchev–Trinajstić information content (AvgIpc) is 2.27. The number of carbonyl (C=O) groups excluding carboxylic acids is 2. The molecular weight excluding hydrogens is 206 g/mol. The van der Waals surface area contributed by atoms with Gasteiger partial charge in [-0.3, -0.25) is 14.6 Å². The highest BCUT2D eigenvalue weighted by atomic mass is 16.2. The van der Waals surface area contributed by atoms with Crippen LogP contribution < -0.4 is 11.1 Å². The van der Waals surface area contributed by atoms with Crippen LogP contribution >= 0.6 is 0 Å². The summed E-state index contributed by atoms with van der Waals surface area (Å²) in [7, 11) is 0. The minimum absolute atomic E-state index is 0.303. The number of amides is 2. The highest BCUT2D eigenvalue weighted by molar-refractivity contribution is 5.91. The van der Waals surface area contributed by atoms with Crippen molar-refractivity contribution in [3.63, 3.8) is 0 Å². The van der Waals surface area contributed by atoms with Gasteiger partial charge in [-0.05, 0) is 17.7 Å². The lowest BCUT2D eigenvalue weighted by atomic mass is 10.1. The van der Waals surface area contributed by atoms with E-state index in [0.29, 0.717) is 6.54 Å². The summed E-state index contributed by atoms with van der Waals surface area (Å²) in [6.07, 6.45) is 4.57. The summed E-state index contributed by atoms with van der Waals surface area (Å²) in [5.41, 5.74) is 5.98. The monoisotopic (exact) mass is 220 g/mol. The number of nitrogens with zero attached hydrogens (tertiary/aromatic N) is 1. The zero-order valence-electron chi connectivity index (χ0n) is 9.01. The molecule has 16 heavy (non-hydrogen) atoms. The van der Waals surface area contributed by atoms with Gasteiger partial charge in [-0.2, -0.15) is 0 Å². The van der Waals surface area contributed by atoms with Crippen molar-refractivity contribution in [2.45, 2.75) is 13.5 Å². The van der Waals surface area contributed by atoms with E-state index in [1.165, 1.54) is 6.42 Å². The summed E-state index contributed by atoms with van der Waals surface area (Å²) in [4.78, 5) is 25.9. The maximum Gasteiger partial charge on any atom is 0.225 e. The van der Waals surface area contributed by atoms with Crippen molar-refractivity contribution in [1.82, 2.24) is 10.3 Å². The molecule has 3 N–H and O–H groups in total. The zero-order chi connectivity index (χ0) is 12.0. The van der Waals surface area contributed by atoms with Crippen molar-refractivity contribution in [3.05, 3.63) is 36.5 Å². The number of rotatable bonds is 5. The molecule has 0 aliphatic carbocycles. The number of nitrogens with two attached hydrogens (primary N) is 1. The SMILES string of the molecule is CC([CH]C(=O)NCc1ccncc1)C(N)=O. The Morgan fingerprint density at radius 3 is 2.69 bits per heavy atom. The Labute approximate surface area is 94.1 Å². The largest absolute Gasteiger partial charge is 0.369 e. The molecule has 0 saturated carbocycles. The quantitative estimate of drug-likeness (QED) is 0.733. The Bertz CT molecular complexity index is 365. The third-order valence-corrected chi connectivity index (χ3v) is 2.07. The summed E-state index contributed by atoms with van der Waals surface area (Å²) in [6, 6.07) is 3.61. The Morgan fingerprint density at radius 2 is 2.12 bits per heavy atom. The molecule has 5 heteroatoms. The van der Waals surface area contributed by atoms with Gasteiger partial charge in [0.15, 0.2) is 0 Å². The van der Waals surface area contributed by atoms with Crippen molar-refractivity contribution >= 4 is 11.8 Å². The number of carbonyl (C=O) groups is 2. The summed E-state index contributed by atoms with van der Waals surface area (Å²) < 4.78 is 0. The van der Waals surface area contributed by atoms with Gasteiger partial charge in [0.2, 0.25) is 11.8 Å². The third kappa shape index (κ3) is 4.08. The molecule has 2 amide bonds. The molecule has 0 bridgehead atoms. The first-order valence-electron chi connectivity index (χ1n) is 4.90. The van der Waals surface area contributed by atoms with Crippen LogP contribution in [-0.4, -0.2) is 16.8 Å². The van der Waals surface area contributed by atoms with E-state index in [1.54, 1.807) is 31.5 Å². The van der Waals surface area contributed by atoms with E-state index in [0.717, 1.165) is 5.56 Å². The topological polar surface area (TPSA) is 85.1 Å². The maximum atomic E-state index is 11.3. The van der Waals surface area contributed by atoms with Crippen LogP contribution in [0.1, 0.15) is 12.5 Å². The Morgan fingerprint density at radius 1 is 1.50 bits per heavy atom. The van der Waals surface area contributed by atoms with E-state index in [9.17, 15) is 9.59 Å². The van der Waals surface area contributed by atoms with Gasteiger partial charge in [0.25, 0.3) is 0 Å². The molecule has 0 fully saturated rings. The van der Waals surface area contributed by atoms with E-state index >= 15 is 0 Å². The highest BCUT2D eigenvalue weighted by Crippen LogP contribution is 2.00.